The van der Waals surface area contributed by atoms with Gasteiger partial charge in [0.1, 0.15) is 0 Å². The van der Waals surface area contributed by atoms with Gasteiger partial charge in [-0.3, -0.25) is 4.79 Å². The molecule has 0 radical (unpaired) electrons. The van der Waals surface area contributed by atoms with Crippen LogP contribution in [0.2, 0.25) is 0 Å². The van der Waals surface area contributed by atoms with Gasteiger partial charge in [0.05, 0.1) is 7.11 Å². The van der Waals surface area contributed by atoms with E-state index in [1.807, 2.05) is 37.4 Å². The second-order valence-corrected chi connectivity index (χ2v) is 6.69. The number of carbonyl (C=O) groups is 1. The van der Waals surface area contributed by atoms with Crippen LogP contribution in [0.3, 0.4) is 0 Å². The van der Waals surface area contributed by atoms with E-state index < -0.39 is 0 Å². The van der Waals surface area contributed by atoms with Gasteiger partial charge in [0.2, 0.25) is 0 Å². The third kappa shape index (κ3) is 5.35. The van der Waals surface area contributed by atoms with Crippen LogP contribution in [-0.4, -0.2) is 36.5 Å². The smallest absolute Gasteiger partial charge is 0.162 e. The van der Waals surface area contributed by atoms with Crippen LogP contribution in [0.4, 0.5) is 0 Å². The molecule has 0 fully saturated rings. The standard InChI is InChI=1S/C19H22BrNO3/c1-21(13-14-5-10-19(24-2)18(23)12-14)11-3-4-17(22)15-6-8-16(20)9-7-15/h5-10,12,23H,3-4,11,13H2,1-2H3. The SMILES string of the molecule is COc1ccc(CN(C)CCCC(=O)c2ccc(Br)cc2)cc1O. The maximum atomic E-state index is 12.1. The Balaban J connectivity index is 1.78. The Morgan fingerprint density at radius 2 is 1.92 bits per heavy atom. The Morgan fingerprint density at radius 3 is 2.54 bits per heavy atom. The molecule has 0 aliphatic rings. The summed E-state index contributed by atoms with van der Waals surface area (Å²) in [4.78, 5) is 14.3. The summed E-state index contributed by atoms with van der Waals surface area (Å²) in [7, 11) is 3.54. The third-order valence-electron chi connectivity index (χ3n) is 3.81. The lowest BCUT2D eigenvalue weighted by atomic mass is 10.1. The highest BCUT2D eigenvalue weighted by molar-refractivity contribution is 9.10. The highest BCUT2D eigenvalue weighted by Gasteiger charge is 2.08. The summed E-state index contributed by atoms with van der Waals surface area (Å²) in [6.45, 7) is 1.53. The first kappa shape index (κ1) is 18.5. The lowest BCUT2D eigenvalue weighted by molar-refractivity contribution is 0.0976. The quantitative estimate of drug-likeness (QED) is 0.683. The number of benzene rings is 2. The minimum atomic E-state index is 0.147. The van der Waals surface area contributed by atoms with E-state index >= 15 is 0 Å². The maximum absolute atomic E-state index is 12.1. The molecule has 0 aromatic heterocycles. The molecule has 0 amide bonds. The fourth-order valence-electron chi connectivity index (χ4n) is 2.51. The Bertz CT molecular complexity index is 686. The van der Waals surface area contributed by atoms with Gasteiger partial charge in [0, 0.05) is 23.0 Å². The number of phenols is 1. The predicted molar refractivity (Wildman–Crippen MR) is 98.7 cm³/mol. The fourth-order valence-corrected chi connectivity index (χ4v) is 2.78. The Kier molecular flexibility index (Phi) is 6.82. The minimum Gasteiger partial charge on any atom is -0.504 e. The molecule has 0 saturated carbocycles. The molecule has 5 heteroatoms. The van der Waals surface area contributed by atoms with E-state index in [9.17, 15) is 9.90 Å². The lowest BCUT2D eigenvalue weighted by Crippen LogP contribution is -2.19. The normalized spacial score (nSPS) is 10.8. The van der Waals surface area contributed by atoms with Crippen molar-refractivity contribution in [3.63, 3.8) is 0 Å². The number of methoxy groups -OCH3 is 1. The molecule has 0 saturated heterocycles. The van der Waals surface area contributed by atoms with Gasteiger partial charge in [-0.15, -0.1) is 0 Å². The van der Waals surface area contributed by atoms with E-state index in [-0.39, 0.29) is 11.5 Å². The van der Waals surface area contributed by atoms with Crippen LogP contribution in [0.1, 0.15) is 28.8 Å². The van der Waals surface area contributed by atoms with Gasteiger partial charge in [0.25, 0.3) is 0 Å². The topological polar surface area (TPSA) is 49.8 Å². The zero-order chi connectivity index (χ0) is 17.5. The molecular formula is C19H22BrNO3. The van der Waals surface area contributed by atoms with Gasteiger partial charge in [0.15, 0.2) is 17.3 Å². The molecule has 2 aromatic rings. The van der Waals surface area contributed by atoms with Crippen LogP contribution < -0.4 is 4.74 Å². The van der Waals surface area contributed by atoms with E-state index in [1.54, 1.807) is 12.1 Å². The first-order valence-corrected chi connectivity index (χ1v) is 8.62. The highest BCUT2D eigenvalue weighted by atomic mass is 79.9. The summed E-state index contributed by atoms with van der Waals surface area (Å²) < 4.78 is 6.02. The molecule has 1 N–H and O–H groups in total. The van der Waals surface area contributed by atoms with Crippen molar-refractivity contribution in [3.8, 4) is 11.5 Å². The molecule has 4 nitrogen and oxygen atoms in total. The number of carbonyl (C=O) groups excluding carboxylic acids is 1. The molecule has 2 aromatic carbocycles. The highest BCUT2D eigenvalue weighted by Crippen LogP contribution is 2.26. The number of ether oxygens (including phenoxy) is 1. The average molecular weight is 392 g/mol. The van der Waals surface area contributed by atoms with E-state index in [0.29, 0.717) is 18.7 Å². The number of hydrogen-bond donors (Lipinski definition) is 1. The number of ketones is 1. The van der Waals surface area contributed by atoms with Crippen molar-refractivity contribution in [2.24, 2.45) is 0 Å². The molecule has 0 spiro atoms. The van der Waals surface area contributed by atoms with Gasteiger partial charge in [-0.1, -0.05) is 34.1 Å². The average Bonchev–Trinajstić information content (AvgIpc) is 2.55. The van der Waals surface area contributed by atoms with Gasteiger partial charge in [-0.25, -0.2) is 0 Å². The number of Topliss-reactive ketones (excluding diaryl/α,β-unsaturated/α-hetero) is 1. The first-order chi connectivity index (χ1) is 11.5. The van der Waals surface area contributed by atoms with Crippen LogP contribution in [-0.2, 0) is 6.54 Å². The van der Waals surface area contributed by atoms with E-state index in [0.717, 1.165) is 28.6 Å². The van der Waals surface area contributed by atoms with Crippen LogP contribution >= 0.6 is 15.9 Å². The maximum Gasteiger partial charge on any atom is 0.162 e. The van der Waals surface area contributed by atoms with E-state index in [4.69, 9.17) is 4.74 Å². The summed E-state index contributed by atoms with van der Waals surface area (Å²) in [6.07, 6.45) is 1.33. The monoisotopic (exact) mass is 391 g/mol. The minimum absolute atomic E-state index is 0.147. The summed E-state index contributed by atoms with van der Waals surface area (Å²) in [5, 5.41) is 9.81. The number of halogens is 1. The van der Waals surface area contributed by atoms with Crippen molar-refractivity contribution in [2.45, 2.75) is 19.4 Å². The molecule has 0 atom stereocenters. The van der Waals surface area contributed by atoms with Crippen LogP contribution in [0, 0.1) is 0 Å². The van der Waals surface area contributed by atoms with Gasteiger partial charge in [-0.05, 0) is 49.8 Å². The molecule has 24 heavy (non-hydrogen) atoms. The molecule has 0 bridgehead atoms. The Hall–Kier alpha value is -1.85. The van der Waals surface area contributed by atoms with Crippen molar-refractivity contribution in [1.29, 1.82) is 0 Å². The molecule has 0 unspecified atom stereocenters. The van der Waals surface area contributed by atoms with Gasteiger partial charge < -0.3 is 14.7 Å². The van der Waals surface area contributed by atoms with Crippen molar-refractivity contribution in [1.82, 2.24) is 4.90 Å². The number of rotatable bonds is 8. The van der Waals surface area contributed by atoms with Gasteiger partial charge in [-0.2, -0.15) is 0 Å². The van der Waals surface area contributed by atoms with Crippen molar-refractivity contribution < 1.29 is 14.6 Å². The predicted octanol–water partition coefficient (Wildman–Crippen LogP) is 4.26. The van der Waals surface area contributed by atoms with Crippen molar-refractivity contribution in [2.75, 3.05) is 20.7 Å². The summed E-state index contributed by atoms with van der Waals surface area (Å²) in [5.74, 6) is 0.785. The molecule has 128 valence electrons. The Labute approximate surface area is 151 Å². The molecule has 0 heterocycles. The van der Waals surface area contributed by atoms with Crippen molar-refractivity contribution >= 4 is 21.7 Å². The van der Waals surface area contributed by atoms with E-state index in [1.165, 1.54) is 7.11 Å². The number of nitrogens with zero attached hydrogens (tertiary/aromatic N) is 1. The van der Waals surface area contributed by atoms with Gasteiger partial charge >= 0.3 is 0 Å². The summed E-state index contributed by atoms with van der Waals surface area (Å²) in [5.41, 5.74) is 1.76. The second kappa shape index (κ2) is 8.85. The van der Waals surface area contributed by atoms with Crippen LogP contribution in [0.5, 0.6) is 11.5 Å². The summed E-state index contributed by atoms with van der Waals surface area (Å²) in [6, 6.07) is 12.9. The molecular weight excluding hydrogens is 370 g/mol. The second-order valence-electron chi connectivity index (χ2n) is 5.78. The lowest BCUT2D eigenvalue weighted by Gasteiger charge is -2.17. The van der Waals surface area contributed by atoms with Crippen molar-refractivity contribution in [3.05, 3.63) is 58.1 Å². The molecule has 0 aliphatic heterocycles. The molecule has 0 aliphatic carbocycles. The van der Waals surface area contributed by atoms with E-state index in [2.05, 4.69) is 20.8 Å². The largest absolute Gasteiger partial charge is 0.504 e. The number of aromatic hydroxyl groups is 1. The zero-order valence-electron chi connectivity index (χ0n) is 14.0. The zero-order valence-corrected chi connectivity index (χ0v) is 15.5. The van der Waals surface area contributed by atoms with Crippen LogP contribution in [0.25, 0.3) is 0 Å². The first-order valence-electron chi connectivity index (χ1n) is 7.83. The number of hydrogen-bond acceptors (Lipinski definition) is 4. The van der Waals surface area contributed by atoms with Crippen LogP contribution in [0.15, 0.2) is 46.9 Å². The fraction of sp³-hybridized carbons (Fsp3) is 0.316. The number of phenolic OH excluding ortho intramolecular Hbond substituents is 1. The third-order valence-corrected chi connectivity index (χ3v) is 4.33. The Morgan fingerprint density at radius 1 is 1.21 bits per heavy atom. The summed E-state index contributed by atoms with van der Waals surface area (Å²) >= 11 is 3.37. The molecule has 2 rings (SSSR count).